The Balaban J connectivity index is 2.26. The summed E-state index contributed by atoms with van der Waals surface area (Å²) in [5.74, 6) is -0.864. The molecule has 1 atom stereocenters. The van der Waals surface area contributed by atoms with Crippen molar-refractivity contribution in [1.29, 1.82) is 5.26 Å². The van der Waals surface area contributed by atoms with Gasteiger partial charge in [-0.15, -0.1) is 0 Å². The highest BCUT2D eigenvalue weighted by molar-refractivity contribution is 5.78. The molecule has 0 aliphatic heterocycles. The van der Waals surface area contributed by atoms with Gasteiger partial charge in [0.15, 0.2) is 0 Å². The average Bonchev–Trinajstić information content (AvgIpc) is 2.59. The van der Waals surface area contributed by atoms with E-state index >= 15 is 0 Å². The summed E-state index contributed by atoms with van der Waals surface area (Å²) >= 11 is 0. The first-order valence-electron chi connectivity index (χ1n) is 7.89. The van der Waals surface area contributed by atoms with Crippen LogP contribution in [0.3, 0.4) is 0 Å². The molecule has 0 aliphatic rings. The van der Waals surface area contributed by atoms with Crippen LogP contribution in [0.2, 0.25) is 0 Å². The molecule has 0 fully saturated rings. The van der Waals surface area contributed by atoms with Crippen molar-refractivity contribution in [2.45, 2.75) is 25.8 Å². The Morgan fingerprint density at radius 2 is 2.00 bits per heavy atom. The van der Waals surface area contributed by atoms with Gasteiger partial charge in [-0.1, -0.05) is 25.1 Å². The number of hydrogen-bond donors (Lipinski definition) is 2. The van der Waals surface area contributed by atoms with Gasteiger partial charge in [-0.05, 0) is 48.7 Å². The number of nitrogens with zero attached hydrogens (tertiary/aromatic N) is 2. The van der Waals surface area contributed by atoms with Crippen LogP contribution in [-0.2, 0) is 11.2 Å². The fraction of sp³-hybridized carbons (Fsp3) is 0.263. The zero-order chi connectivity index (χ0) is 17.5. The van der Waals surface area contributed by atoms with Gasteiger partial charge < -0.3 is 15.7 Å². The van der Waals surface area contributed by atoms with Crippen LogP contribution in [-0.4, -0.2) is 23.7 Å². The SMILES string of the molecule is CCC(C(=O)O)N(CCc1ccc(N)cc1)c1cccc(C#N)c1. The molecule has 0 radical (unpaired) electrons. The number of nitrogen functional groups attached to an aromatic ring is 1. The van der Waals surface area contributed by atoms with Gasteiger partial charge in [0.1, 0.15) is 6.04 Å². The number of aliphatic carboxylic acids is 1. The second-order valence-electron chi connectivity index (χ2n) is 5.61. The predicted molar refractivity (Wildman–Crippen MR) is 94.8 cm³/mol. The number of anilines is 2. The Hall–Kier alpha value is -3.00. The maximum atomic E-state index is 11.6. The summed E-state index contributed by atoms with van der Waals surface area (Å²) in [5.41, 5.74) is 8.76. The molecule has 0 heterocycles. The van der Waals surface area contributed by atoms with Crippen molar-refractivity contribution >= 4 is 17.3 Å². The molecular weight excluding hydrogens is 302 g/mol. The van der Waals surface area contributed by atoms with Crippen LogP contribution in [0.1, 0.15) is 24.5 Å². The quantitative estimate of drug-likeness (QED) is 0.764. The molecule has 0 aromatic heterocycles. The number of carbonyl (C=O) groups is 1. The highest BCUT2D eigenvalue weighted by Crippen LogP contribution is 2.21. The molecule has 0 saturated heterocycles. The smallest absolute Gasteiger partial charge is 0.326 e. The van der Waals surface area contributed by atoms with Crippen molar-refractivity contribution < 1.29 is 9.90 Å². The van der Waals surface area contributed by atoms with Gasteiger partial charge >= 0.3 is 5.97 Å². The number of hydrogen-bond acceptors (Lipinski definition) is 4. The molecule has 2 aromatic rings. The van der Waals surface area contributed by atoms with E-state index in [0.29, 0.717) is 30.6 Å². The highest BCUT2D eigenvalue weighted by atomic mass is 16.4. The van der Waals surface area contributed by atoms with E-state index in [1.54, 1.807) is 18.2 Å². The summed E-state index contributed by atoms with van der Waals surface area (Å²) < 4.78 is 0. The molecule has 2 aromatic carbocycles. The lowest BCUT2D eigenvalue weighted by Crippen LogP contribution is -2.42. The highest BCUT2D eigenvalue weighted by Gasteiger charge is 2.24. The normalized spacial score (nSPS) is 11.5. The third-order valence-electron chi connectivity index (χ3n) is 3.98. The molecule has 0 spiro atoms. The van der Waals surface area contributed by atoms with E-state index < -0.39 is 12.0 Å². The van der Waals surface area contributed by atoms with Gasteiger partial charge in [0, 0.05) is 17.9 Å². The minimum absolute atomic E-state index is 0.480. The Kier molecular flexibility index (Phi) is 5.80. The number of benzene rings is 2. The standard InChI is InChI=1S/C19H21N3O2/c1-2-18(19(23)24)22(17-5-3-4-15(12-17)13-20)11-10-14-6-8-16(21)9-7-14/h3-9,12,18H,2,10-11,21H2,1H3,(H,23,24). The lowest BCUT2D eigenvalue weighted by molar-refractivity contribution is -0.138. The first-order valence-corrected chi connectivity index (χ1v) is 7.89. The molecule has 124 valence electrons. The fourth-order valence-corrected chi connectivity index (χ4v) is 2.68. The third kappa shape index (κ3) is 4.26. The second kappa shape index (κ2) is 8.02. The van der Waals surface area contributed by atoms with Crippen molar-refractivity contribution in [2.75, 3.05) is 17.2 Å². The van der Waals surface area contributed by atoms with Gasteiger partial charge in [0.25, 0.3) is 0 Å². The Morgan fingerprint density at radius 3 is 2.58 bits per heavy atom. The minimum Gasteiger partial charge on any atom is -0.480 e. The molecule has 0 bridgehead atoms. The maximum Gasteiger partial charge on any atom is 0.326 e. The van der Waals surface area contributed by atoms with Crippen molar-refractivity contribution in [3.05, 3.63) is 59.7 Å². The first kappa shape index (κ1) is 17.4. The molecule has 2 rings (SSSR count). The van der Waals surface area contributed by atoms with Gasteiger partial charge in [0.05, 0.1) is 11.6 Å². The van der Waals surface area contributed by atoms with E-state index in [1.807, 2.05) is 42.2 Å². The molecule has 1 unspecified atom stereocenters. The molecular formula is C19H21N3O2. The van der Waals surface area contributed by atoms with Crippen molar-refractivity contribution in [3.63, 3.8) is 0 Å². The topological polar surface area (TPSA) is 90.3 Å². The predicted octanol–water partition coefficient (Wildman–Crippen LogP) is 3.05. The summed E-state index contributed by atoms with van der Waals surface area (Å²) in [6, 6.07) is 16.1. The van der Waals surface area contributed by atoms with Crippen LogP contribution < -0.4 is 10.6 Å². The van der Waals surface area contributed by atoms with Crippen LogP contribution in [0.25, 0.3) is 0 Å². The molecule has 5 nitrogen and oxygen atoms in total. The van der Waals surface area contributed by atoms with Crippen LogP contribution in [0, 0.1) is 11.3 Å². The van der Waals surface area contributed by atoms with E-state index in [2.05, 4.69) is 6.07 Å². The molecule has 0 amide bonds. The zero-order valence-corrected chi connectivity index (χ0v) is 13.6. The summed E-state index contributed by atoms with van der Waals surface area (Å²) in [4.78, 5) is 13.5. The Labute approximate surface area is 141 Å². The van der Waals surface area contributed by atoms with Gasteiger partial charge in [0.2, 0.25) is 0 Å². The van der Waals surface area contributed by atoms with Crippen LogP contribution in [0.4, 0.5) is 11.4 Å². The van der Waals surface area contributed by atoms with Gasteiger partial charge in [-0.2, -0.15) is 5.26 Å². The van der Waals surface area contributed by atoms with Crippen LogP contribution >= 0.6 is 0 Å². The second-order valence-corrected chi connectivity index (χ2v) is 5.61. The molecule has 24 heavy (non-hydrogen) atoms. The minimum atomic E-state index is -0.864. The monoisotopic (exact) mass is 323 g/mol. The van der Waals surface area contributed by atoms with E-state index in [-0.39, 0.29) is 0 Å². The Bertz CT molecular complexity index is 735. The number of carboxylic acid groups (broad SMARTS) is 1. The largest absolute Gasteiger partial charge is 0.480 e. The van der Waals surface area contributed by atoms with E-state index in [4.69, 9.17) is 11.0 Å². The average molecular weight is 323 g/mol. The lowest BCUT2D eigenvalue weighted by Gasteiger charge is -2.30. The zero-order valence-electron chi connectivity index (χ0n) is 13.6. The molecule has 5 heteroatoms. The van der Waals surface area contributed by atoms with Gasteiger partial charge in [-0.25, -0.2) is 4.79 Å². The van der Waals surface area contributed by atoms with Crippen molar-refractivity contribution in [3.8, 4) is 6.07 Å². The molecule has 0 aliphatic carbocycles. The van der Waals surface area contributed by atoms with E-state index in [0.717, 1.165) is 11.3 Å². The lowest BCUT2D eigenvalue weighted by atomic mass is 10.1. The number of nitrogens with two attached hydrogens (primary N) is 1. The van der Waals surface area contributed by atoms with Crippen LogP contribution in [0.5, 0.6) is 0 Å². The van der Waals surface area contributed by atoms with Crippen molar-refractivity contribution in [1.82, 2.24) is 0 Å². The fourth-order valence-electron chi connectivity index (χ4n) is 2.68. The Morgan fingerprint density at radius 1 is 1.29 bits per heavy atom. The number of carboxylic acids is 1. The van der Waals surface area contributed by atoms with Crippen molar-refractivity contribution in [2.24, 2.45) is 0 Å². The molecule has 0 saturated carbocycles. The van der Waals surface area contributed by atoms with E-state index in [9.17, 15) is 9.90 Å². The van der Waals surface area contributed by atoms with Crippen LogP contribution in [0.15, 0.2) is 48.5 Å². The first-order chi connectivity index (χ1) is 11.5. The summed E-state index contributed by atoms with van der Waals surface area (Å²) in [5, 5.41) is 18.6. The summed E-state index contributed by atoms with van der Waals surface area (Å²) in [6.07, 6.45) is 1.18. The number of rotatable bonds is 7. The van der Waals surface area contributed by atoms with Gasteiger partial charge in [-0.3, -0.25) is 0 Å². The maximum absolute atomic E-state index is 11.6. The summed E-state index contributed by atoms with van der Waals surface area (Å²) in [7, 11) is 0. The third-order valence-corrected chi connectivity index (χ3v) is 3.98. The summed E-state index contributed by atoms with van der Waals surface area (Å²) in [6.45, 7) is 2.40. The van der Waals surface area contributed by atoms with E-state index in [1.165, 1.54) is 0 Å². The number of nitriles is 1. The molecule has 3 N–H and O–H groups in total.